The van der Waals surface area contributed by atoms with Crippen LogP contribution < -0.4 is 5.32 Å². The molecule has 3 rings (SSSR count). The Hall–Kier alpha value is -2.81. The van der Waals surface area contributed by atoms with Crippen LogP contribution in [0.25, 0.3) is 5.69 Å². The van der Waals surface area contributed by atoms with Gasteiger partial charge < -0.3 is 9.88 Å². The van der Waals surface area contributed by atoms with Crippen molar-refractivity contribution in [3.8, 4) is 5.69 Å². The minimum atomic E-state index is 0.0165. The third-order valence-electron chi connectivity index (χ3n) is 3.88. The standard InChI is InChI=1S/C20H20N2O/c1-16(18-7-3-2-4-8-18)21-20(23)15-17-9-11-19(12-10-17)22-13-5-6-14-22/h2-14,16H,15H2,1H3,(H,21,23)/t16-/m1/s1. The second kappa shape index (κ2) is 6.97. The first kappa shape index (κ1) is 15.1. The van der Waals surface area contributed by atoms with Crippen LogP contribution in [-0.4, -0.2) is 10.5 Å². The molecule has 1 N–H and O–H groups in total. The summed E-state index contributed by atoms with van der Waals surface area (Å²) in [5, 5.41) is 3.04. The lowest BCUT2D eigenvalue weighted by Crippen LogP contribution is -2.28. The van der Waals surface area contributed by atoms with Gasteiger partial charge in [-0.15, -0.1) is 0 Å². The van der Waals surface area contributed by atoms with Gasteiger partial charge >= 0.3 is 0 Å². The zero-order valence-corrected chi connectivity index (χ0v) is 13.1. The second-order valence-electron chi connectivity index (χ2n) is 5.63. The fraction of sp³-hybridized carbons (Fsp3) is 0.150. The molecule has 0 fully saturated rings. The molecule has 3 nitrogen and oxygen atoms in total. The number of carbonyl (C=O) groups is 1. The Kier molecular flexibility index (Phi) is 4.57. The van der Waals surface area contributed by atoms with Gasteiger partial charge in [0.05, 0.1) is 12.5 Å². The Morgan fingerprint density at radius 3 is 2.26 bits per heavy atom. The highest BCUT2D eigenvalue weighted by Gasteiger charge is 2.09. The van der Waals surface area contributed by atoms with Crippen molar-refractivity contribution in [1.29, 1.82) is 0 Å². The lowest BCUT2D eigenvalue weighted by atomic mass is 10.1. The van der Waals surface area contributed by atoms with Gasteiger partial charge in [-0.05, 0) is 42.3 Å². The molecule has 0 saturated carbocycles. The van der Waals surface area contributed by atoms with Crippen LogP contribution in [0.5, 0.6) is 0 Å². The average molecular weight is 304 g/mol. The van der Waals surface area contributed by atoms with Crippen molar-refractivity contribution in [3.05, 3.63) is 90.3 Å². The van der Waals surface area contributed by atoms with E-state index in [0.717, 1.165) is 16.8 Å². The van der Waals surface area contributed by atoms with E-state index in [1.807, 2.05) is 90.6 Å². The first-order valence-electron chi connectivity index (χ1n) is 7.79. The van der Waals surface area contributed by atoms with Crippen molar-refractivity contribution < 1.29 is 4.79 Å². The van der Waals surface area contributed by atoms with Crippen LogP contribution in [0.3, 0.4) is 0 Å². The summed E-state index contributed by atoms with van der Waals surface area (Å²) in [6.45, 7) is 2.00. The minimum absolute atomic E-state index is 0.0165. The molecular weight excluding hydrogens is 284 g/mol. The average Bonchev–Trinajstić information content (AvgIpc) is 3.11. The number of nitrogens with zero attached hydrogens (tertiary/aromatic N) is 1. The number of carbonyl (C=O) groups excluding carboxylic acids is 1. The molecule has 2 aromatic carbocycles. The van der Waals surface area contributed by atoms with Crippen LogP contribution in [0.2, 0.25) is 0 Å². The van der Waals surface area contributed by atoms with Crippen molar-refractivity contribution in [2.45, 2.75) is 19.4 Å². The maximum Gasteiger partial charge on any atom is 0.224 e. The van der Waals surface area contributed by atoms with Crippen LogP contribution in [-0.2, 0) is 11.2 Å². The van der Waals surface area contributed by atoms with E-state index in [9.17, 15) is 4.79 Å². The van der Waals surface area contributed by atoms with E-state index in [0.29, 0.717) is 6.42 Å². The smallest absolute Gasteiger partial charge is 0.224 e. The summed E-state index contributed by atoms with van der Waals surface area (Å²) in [6.07, 6.45) is 4.40. The van der Waals surface area contributed by atoms with E-state index in [2.05, 4.69) is 5.32 Å². The van der Waals surface area contributed by atoms with Gasteiger partial charge in [0.25, 0.3) is 0 Å². The normalized spacial score (nSPS) is 11.9. The Morgan fingerprint density at radius 2 is 1.61 bits per heavy atom. The molecule has 0 saturated heterocycles. The van der Waals surface area contributed by atoms with Gasteiger partial charge in [-0.3, -0.25) is 4.79 Å². The maximum atomic E-state index is 12.2. The summed E-state index contributed by atoms with van der Waals surface area (Å²) in [7, 11) is 0. The molecule has 3 aromatic rings. The molecule has 0 radical (unpaired) electrons. The number of hydrogen-bond acceptors (Lipinski definition) is 1. The van der Waals surface area contributed by atoms with Crippen LogP contribution in [0, 0.1) is 0 Å². The highest BCUT2D eigenvalue weighted by molar-refractivity contribution is 5.79. The van der Waals surface area contributed by atoms with Crippen LogP contribution in [0.15, 0.2) is 79.1 Å². The van der Waals surface area contributed by atoms with E-state index < -0.39 is 0 Å². The monoisotopic (exact) mass is 304 g/mol. The van der Waals surface area contributed by atoms with Crippen molar-refractivity contribution >= 4 is 5.91 Å². The van der Waals surface area contributed by atoms with Gasteiger partial charge in [-0.2, -0.15) is 0 Å². The molecule has 0 bridgehead atoms. The van der Waals surface area contributed by atoms with E-state index in [1.165, 1.54) is 0 Å². The predicted octanol–water partition coefficient (Wildman–Crippen LogP) is 3.90. The molecule has 0 spiro atoms. The summed E-state index contributed by atoms with van der Waals surface area (Å²) in [5.74, 6) is 0.0371. The van der Waals surface area contributed by atoms with Crippen molar-refractivity contribution in [3.63, 3.8) is 0 Å². The summed E-state index contributed by atoms with van der Waals surface area (Å²) >= 11 is 0. The lowest BCUT2D eigenvalue weighted by molar-refractivity contribution is -0.121. The number of aromatic nitrogens is 1. The van der Waals surface area contributed by atoms with Gasteiger partial charge in [0.2, 0.25) is 5.91 Å². The largest absolute Gasteiger partial charge is 0.349 e. The van der Waals surface area contributed by atoms with Crippen molar-refractivity contribution in [1.82, 2.24) is 9.88 Å². The van der Waals surface area contributed by atoms with Crippen LogP contribution in [0.1, 0.15) is 24.1 Å². The first-order chi connectivity index (χ1) is 11.2. The summed E-state index contributed by atoms with van der Waals surface area (Å²) < 4.78 is 2.04. The summed E-state index contributed by atoms with van der Waals surface area (Å²) in [5.41, 5.74) is 3.22. The van der Waals surface area contributed by atoms with E-state index in [-0.39, 0.29) is 11.9 Å². The molecule has 0 unspecified atom stereocenters. The van der Waals surface area contributed by atoms with E-state index in [1.54, 1.807) is 0 Å². The molecule has 0 aliphatic heterocycles. The number of hydrogen-bond donors (Lipinski definition) is 1. The molecule has 3 heteroatoms. The first-order valence-corrected chi connectivity index (χ1v) is 7.79. The molecule has 23 heavy (non-hydrogen) atoms. The quantitative estimate of drug-likeness (QED) is 0.762. The molecule has 1 atom stereocenters. The third-order valence-corrected chi connectivity index (χ3v) is 3.88. The van der Waals surface area contributed by atoms with Crippen molar-refractivity contribution in [2.24, 2.45) is 0 Å². The molecule has 1 amide bonds. The number of nitrogens with one attached hydrogen (secondary N) is 1. The zero-order chi connectivity index (χ0) is 16.1. The second-order valence-corrected chi connectivity index (χ2v) is 5.63. The topological polar surface area (TPSA) is 34.0 Å². The molecule has 0 aliphatic carbocycles. The fourth-order valence-corrected chi connectivity index (χ4v) is 2.60. The molecule has 1 heterocycles. The summed E-state index contributed by atoms with van der Waals surface area (Å²) in [6, 6.07) is 22.1. The minimum Gasteiger partial charge on any atom is -0.349 e. The Bertz CT molecular complexity index is 746. The zero-order valence-electron chi connectivity index (χ0n) is 13.1. The van der Waals surface area contributed by atoms with Gasteiger partial charge in [0, 0.05) is 18.1 Å². The molecule has 0 aliphatic rings. The van der Waals surface area contributed by atoms with E-state index >= 15 is 0 Å². The van der Waals surface area contributed by atoms with Crippen LogP contribution in [0.4, 0.5) is 0 Å². The highest BCUT2D eigenvalue weighted by Crippen LogP contribution is 2.13. The van der Waals surface area contributed by atoms with Gasteiger partial charge in [0.1, 0.15) is 0 Å². The SMILES string of the molecule is C[C@@H](NC(=O)Cc1ccc(-n2cccc2)cc1)c1ccccc1. The van der Waals surface area contributed by atoms with Gasteiger partial charge in [0.15, 0.2) is 0 Å². The molecule has 1 aromatic heterocycles. The maximum absolute atomic E-state index is 12.2. The highest BCUT2D eigenvalue weighted by atomic mass is 16.1. The third kappa shape index (κ3) is 3.89. The predicted molar refractivity (Wildman–Crippen MR) is 92.5 cm³/mol. The summed E-state index contributed by atoms with van der Waals surface area (Å²) in [4.78, 5) is 12.2. The van der Waals surface area contributed by atoms with Crippen LogP contribution >= 0.6 is 0 Å². The molecular formula is C20H20N2O. The Balaban J connectivity index is 1.60. The van der Waals surface area contributed by atoms with Gasteiger partial charge in [-0.1, -0.05) is 42.5 Å². The number of rotatable bonds is 5. The molecule has 116 valence electrons. The Labute approximate surface area is 136 Å². The van der Waals surface area contributed by atoms with Crippen molar-refractivity contribution in [2.75, 3.05) is 0 Å². The number of benzene rings is 2. The fourth-order valence-electron chi connectivity index (χ4n) is 2.60. The van der Waals surface area contributed by atoms with Gasteiger partial charge in [-0.25, -0.2) is 0 Å². The lowest BCUT2D eigenvalue weighted by Gasteiger charge is -2.14. The van der Waals surface area contributed by atoms with E-state index in [4.69, 9.17) is 0 Å². The Morgan fingerprint density at radius 1 is 0.957 bits per heavy atom. The number of amides is 1.